The first kappa shape index (κ1) is 14.4. The van der Waals surface area contributed by atoms with E-state index >= 15 is 0 Å². The Morgan fingerprint density at radius 1 is 1.42 bits per heavy atom. The van der Waals surface area contributed by atoms with Gasteiger partial charge in [-0.05, 0) is 50.6 Å². The van der Waals surface area contributed by atoms with Gasteiger partial charge in [0.1, 0.15) is 5.54 Å². The molecule has 1 atom stereocenters. The second kappa shape index (κ2) is 6.40. The van der Waals surface area contributed by atoms with Crippen LogP contribution in [0.25, 0.3) is 0 Å². The number of hydrogen-bond acceptors (Lipinski definition) is 3. The number of likely N-dealkylation sites (tertiary alicyclic amines) is 1. The van der Waals surface area contributed by atoms with Crippen LogP contribution >= 0.6 is 15.9 Å². The summed E-state index contributed by atoms with van der Waals surface area (Å²) in [7, 11) is 0. The summed E-state index contributed by atoms with van der Waals surface area (Å²) in [6.45, 7) is 5.34. The Hall–Kier alpha value is -1.05. The predicted octanol–water partition coefficient (Wildman–Crippen LogP) is 3.63. The molecule has 0 aromatic heterocycles. The topological polar surface area (TPSA) is 39.1 Å². The molecule has 0 radical (unpaired) electrons. The molecule has 1 unspecified atom stereocenters. The van der Waals surface area contributed by atoms with E-state index in [0.29, 0.717) is 0 Å². The number of benzene rings is 1. The van der Waals surface area contributed by atoms with Gasteiger partial charge in [-0.3, -0.25) is 0 Å². The van der Waals surface area contributed by atoms with Crippen LogP contribution in [0, 0.1) is 11.3 Å². The number of halogens is 1. The average Bonchev–Trinajstić information content (AvgIpc) is 2.62. The third kappa shape index (κ3) is 3.71. The summed E-state index contributed by atoms with van der Waals surface area (Å²) in [6, 6.07) is 10.6. The summed E-state index contributed by atoms with van der Waals surface area (Å²) in [5, 5.41) is 13.1. The van der Waals surface area contributed by atoms with E-state index in [1.54, 1.807) is 0 Å². The van der Waals surface area contributed by atoms with E-state index in [-0.39, 0.29) is 0 Å². The average molecular weight is 322 g/mol. The van der Waals surface area contributed by atoms with Crippen molar-refractivity contribution in [1.82, 2.24) is 4.90 Å². The zero-order valence-electron chi connectivity index (χ0n) is 11.3. The van der Waals surface area contributed by atoms with Crippen LogP contribution in [0.2, 0.25) is 0 Å². The second-order valence-corrected chi connectivity index (χ2v) is 6.03. The van der Waals surface area contributed by atoms with Crippen molar-refractivity contribution in [3.05, 3.63) is 28.7 Å². The highest BCUT2D eigenvalue weighted by atomic mass is 79.9. The molecule has 0 aliphatic carbocycles. The fraction of sp³-hybridized carbons (Fsp3) is 0.533. The molecule has 1 fully saturated rings. The highest BCUT2D eigenvalue weighted by Gasteiger charge is 2.32. The summed E-state index contributed by atoms with van der Waals surface area (Å²) in [5.41, 5.74) is 0.589. The number of nitrogens with one attached hydrogen (secondary N) is 1. The largest absolute Gasteiger partial charge is 0.367 e. The third-order valence-electron chi connectivity index (χ3n) is 3.80. The van der Waals surface area contributed by atoms with E-state index in [4.69, 9.17) is 0 Å². The number of nitriles is 1. The zero-order valence-corrected chi connectivity index (χ0v) is 12.9. The summed E-state index contributed by atoms with van der Waals surface area (Å²) >= 11 is 3.47. The lowest BCUT2D eigenvalue weighted by molar-refractivity contribution is 0.297. The van der Waals surface area contributed by atoms with E-state index < -0.39 is 5.54 Å². The van der Waals surface area contributed by atoms with Crippen LogP contribution in [0.5, 0.6) is 0 Å². The number of anilines is 1. The van der Waals surface area contributed by atoms with E-state index in [9.17, 15) is 5.26 Å². The Kier molecular flexibility index (Phi) is 4.84. The predicted molar refractivity (Wildman–Crippen MR) is 82.1 cm³/mol. The van der Waals surface area contributed by atoms with Crippen molar-refractivity contribution in [2.75, 3.05) is 25.0 Å². The standard InChI is InChI=1S/C15H20BrN3/c1-2-19-9-4-7-15(12-17,8-10-19)18-14-6-3-5-13(16)11-14/h3,5-6,11,18H,2,4,7-10H2,1H3. The zero-order chi connectivity index (χ0) is 13.7. The Labute approximate surface area is 123 Å². The molecule has 1 N–H and O–H groups in total. The second-order valence-electron chi connectivity index (χ2n) is 5.12. The lowest BCUT2D eigenvalue weighted by atomic mass is 9.92. The van der Waals surface area contributed by atoms with Gasteiger partial charge >= 0.3 is 0 Å². The lowest BCUT2D eigenvalue weighted by Crippen LogP contribution is -2.37. The van der Waals surface area contributed by atoms with Gasteiger partial charge in [-0.15, -0.1) is 0 Å². The summed E-state index contributed by atoms with van der Waals surface area (Å²) in [5.74, 6) is 0. The quantitative estimate of drug-likeness (QED) is 0.924. The molecule has 0 bridgehead atoms. The van der Waals surface area contributed by atoms with Gasteiger partial charge < -0.3 is 10.2 Å². The minimum absolute atomic E-state index is 0.426. The minimum Gasteiger partial charge on any atom is -0.367 e. The molecule has 0 saturated carbocycles. The van der Waals surface area contributed by atoms with E-state index in [2.05, 4.69) is 39.1 Å². The van der Waals surface area contributed by atoms with Crippen LogP contribution in [0.1, 0.15) is 26.2 Å². The van der Waals surface area contributed by atoms with Crippen LogP contribution in [-0.2, 0) is 0 Å². The first-order valence-electron chi connectivity index (χ1n) is 6.85. The van der Waals surface area contributed by atoms with Gasteiger partial charge in [-0.1, -0.05) is 28.9 Å². The summed E-state index contributed by atoms with van der Waals surface area (Å²) < 4.78 is 1.04. The molecular weight excluding hydrogens is 302 g/mol. The SMILES string of the molecule is CCN1CCCC(C#N)(Nc2cccc(Br)c2)CC1. The van der Waals surface area contributed by atoms with Gasteiger partial charge in [0.25, 0.3) is 0 Å². The van der Waals surface area contributed by atoms with Crippen LogP contribution in [-0.4, -0.2) is 30.1 Å². The molecule has 1 aliphatic heterocycles. The molecule has 2 rings (SSSR count). The maximum absolute atomic E-state index is 9.61. The van der Waals surface area contributed by atoms with Crippen molar-refractivity contribution in [2.45, 2.75) is 31.7 Å². The normalized spacial score (nSPS) is 24.5. The molecule has 4 heteroatoms. The van der Waals surface area contributed by atoms with Gasteiger partial charge in [-0.2, -0.15) is 5.26 Å². The van der Waals surface area contributed by atoms with Gasteiger partial charge in [0.05, 0.1) is 6.07 Å². The monoisotopic (exact) mass is 321 g/mol. The lowest BCUT2D eigenvalue weighted by Gasteiger charge is -2.28. The molecular formula is C15H20BrN3. The summed E-state index contributed by atoms with van der Waals surface area (Å²) in [6.07, 6.45) is 2.86. The maximum atomic E-state index is 9.61. The van der Waals surface area contributed by atoms with Crippen molar-refractivity contribution < 1.29 is 0 Å². The molecule has 0 spiro atoms. The van der Waals surface area contributed by atoms with Crippen LogP contribution in [0.15, 0.2) is 28.7 Å². The smallest absolute Gasteiger partial charge is 0.126 e. The Morgan fingerprint density at radius 3 is 2.95 bits per heavy atom. The number of rotatable bonds is 3. The fourth-order valence-electron chi connectivity index (χ4n) is 2.61. The van der Waals surface area contributed by atoms with Crippen molar-refractivity contribution in [1.29, 1.82) is 5.26 Å². The Bertz CT molecular complexity index is 469. The first-order chi connectivity index (χ1) is 9.17. The van der Waals surface area contributed by atoms with Crippen LogP contribution in [0.4, 0.5) is 5.69 Å². The van der Waals surface area contributed by atoms with E-state index in [0.717, 1.165) is 49.1 Å². The molecule has 1 aromatic carbocycles. The van der Waals surface area contributed by atoms with Crippen molar-refractivity contribution in [3.63, 3.8) is 0 Å². The van der Waals surface area contributed by atoms with E-state index in [1.807, 2.05) is 24.3 Å². The summed E-state index contributed by atoms with van der Waals surface area (Å²) in [4.78, 5) is 2.42. The Morgan fingerprint density at radius 2 is 2.26 bits per heavy atom. The Balaban J connectivity index is 2.12. The molecule has 0 amide bonds. The molecule has 3 nitrogen and oxygen atoms in total. The molecule has 1 heterocycles. The minimum atomic E-state index is -0.426. The van der Waals surface area contributed by atoms with Crippen molar-refractivity contribution >= 4 is 21.6 Å². The van der Waals surface area contributed by atoms with Crippen LogP contribution in [0.3, 0.4) is 0 Å². The fourth-order valence-corrected chi connectivity index (χ4v) is 3.01. The van der Waals surface area contributed by atoms with Gasteiger partial charge in [-0.25, -0.2) is 0 Å². The first-order valence-corrected chi connectivity index (χ1v) is 7.64. The van der Waals surface area contributed by atoms with Crippen molar-refractivity contribution in [2.24, 2.45) is 0 Å². The molecule has 102 valence electrons. The molecule has 19 heavy (non-hydrogen) atoms. The third-order valence-corrected chi connectivity index (χ3v) is 4.30. The maximum Gasteiger partial charge on any atom is 0.126 e. The molecule has 1 aliphatic rings. The molecule has 1 saturated heterocycles. The highest BCUT2D eigenvalue weighted by molar-refractivity contribution is 9.10. The van der Waals surface area contributed by atoms with Crippen LogP contribution < -0.4 is 5.32 Å². The number of hydrogen-bond donors (Lipinski definition) is 1. The van der Waals surface area contributed by atoms with Gasteiger partial charge in [0.15, 0.2) is 0 Å². The highest BCUT2D eigenvalue weighted by Crippen LogP contribution is 2.27. The molecule has 1 aromatic rings. The van der Waals surface area contributed by atoms with Gasteiger partial charge in [0.2, 0.25) is 0 Å². The van der Waals surface area contributed by atoms with Crippen molar-refractivity contribution in [3.8, 4) is 6.07 Å². The number of nitrogens with zero attached hydrogens (tertiary/aromatic N) is 2. The van der Waals surface area contributed by atoms with Gasteiger partial charge in [0, 0.05) is 16.7 Å². The van der Waals surface area contributed by atoms with E-state index in [1.165, 1.54) is 0 Å².